The molecule has 1 aliphatic carbocycles. The highest BCUT2D eigenvalue weighted by Gasteiger charge is 2.44. The summed E-state index contributed by atoms with van der Waals surface area (Å²) < 4.78 is 39.2. The van der Waals surface area contributed by atoms with E-state index in [-0.39, 0.29) is 5.56 Å². The van der Waals surface area contributed by atoms with Gasteiger partial charge in [-0.3, -0.25) is 0 Å². The lowest BCUT2D eigenvalue weighted by atomic mass is 9.94. The zero-order valence-electron chi connectivity index (χ0n) is 8.51. The number of rotatable bonds is 3. The van der Waals surface area contributed by atoms with E-state index >= 15 is 0 Å². The van der Waals surface area contributed by atoms with Gasteiger partial charge in [0.2, 0.25) is 0 Å². The molecule has 0 radical (unpaired) electrons. The predicted molar refractivity (Wildman–Crippen MR) is 53.5 cm³/mol. The summed E-state index contributed by atoms with van der Waals surface area (Å²) in [5.74, 6) is -2.00. The Morgan fingerprint density at radius 2 is 2.06 bits per heavy atom. The third-order valence-electron chi connectivity index (χ3n) is 2.84. The molecule has 86 valence electrons. The van der Waals surface area contributed by atoms with Crippen molar-refractivity contribution in [1.82, 2.24) is 0 Å². The number of benzene rings is 1. The fourth-order valence-electron chi connectivity index (χ4n) is 1.86. The molecule has 4 heteroatoms. The van der Waals surface area contributed by atoms with Crippen LogP contribution in [0.3, 0.4) is 0 Å². The number of aliphatic hydroxyl groups is 1. The van der Waals surface area contributed by atoms with E-state index in [9.17, 15) is 13.2 Å². The molecule has 0 spiro atoms. The van der Waals surface area contributed by atoms with E-state index in [1.807, 2.05) is 0 Å². The number of allylic oxidation sites excluding steroid dienone is 1. The summed E-state index contributed by atoms with van der Waals surface area (Å²) in [6.45, 7) is -0.690. The number of aliphatic hydroxyl groups excluding tert-OH is 1. The van der Waals surface area contributed by atoms with Crippen LogP contribution in [0.1, 0.15) is 18.4 Å². The van der Waals surface area contributed by atoms with Gasteiger partial charge in [0.15, 0.2) is 0 Å². The van der Waals surface area contributed by atoms with Crippen LogP contribution in [0.25, 0.3) is 0 Å². The summed E-state index contributed by atoms with van der Waals surface area (Å²) in [5, 5.41) is 8.59. The van der Waals surface area contributed by atoms with Gasteiger partial charge >= 0.3 is 0 Å². The lowest BCUT2D eigenvalue weighted by molar-refractivity contribution is 0.296. The van der Waals surface area contributed by atoms with Crippen molar-refractivity contribution in [1.29, 1.82) is 0 Å². The van der Waals surface area contributed by atoms with E-state index in [1.165, 1.54) is 12.1 Å². The Morgan fingerprint density at radius 1 is 1.38 bits per heavy atom. The molecule has 0 bridgehead atoms. The van der Waals surface area contributed by atoms with Crippen LogP contribution >= 0.6 is 0 Å². The highest BCUT2D eigenvalue weighted by Crippen LogP contribution is 2.51. The third-order valence-corrected chi connectivity index (χ3v) is 2.84. The highest BCUT2D eigenvalue weighted by molar-refractivity contribution is 5.39. The first kappa shape index (κ1) is 11.2. The van der Waals surface area contributed by atoms with Crippen molar-refractivity contribution in [2.45, 2.75) is 18.3 Å². The molecular formula is C12H11F3O. The van der Waals surface area contributed by atoms with Crippen molar-refractivity contribution < 1.29 is 18.3 Å². The van der Waals surface area contributed by atoms with Gasteiger partial charge in [-0.05, 0) is 30.5 Å². The second-order valence-corrected chi connectivity index (χ2v) is 4.03. The van der Waals surface area contributed by atoms with Gasteiger partial charge in [0.25, 0.3) is 0 Å². The molecule has 1 aromatic carbocycles. The van der Waals surface area contributed by atoms with Crippen LogP contribution in [0.4, 0.5) is 13.2 Å². The van der Waals surface area contributed by atoms with Gasteiger partial charge in [-0.1, -0.05) is 6.07 Å². The topological polar surface area (TPSA) is 20.2 Å². The molecular weight excluding hydrogens is 217 g/mol. The van der Waals surface area contributed by atoms with Crippen molar-refractivity contribution in [2.75, 3.05) is 6.61 Å². The zero-order chi connectivity index (χ0) is 11.8. The maximum Gasteiger partial charge on any atom is 0.130 e. The largest absolute Gasteiger partial charge is 0.389 e. The molecule has 1 fully saturated rings. The molecule has 16 heavy (non-hydrogen) atoms. The smallest absolute Gasteiger partial charge is 0.130 e. The number of hydrogen-bond acceptors (Lipinski definition) is 1. The maximum atomic E-state index is 13.5. The van der Waals surface area contributed by atoms with E-state index in [1.54, 1.807) is 0 Å². The average molecular weight is 228 g/mol. The molecule has 0 aromatic heterocycles. The van der Waals surface area contributed by atoms with E-state index in [0.29, 0.717) is 12.8 Å². The lowest BCUT2D eigenvalue weighted by Crippen LogP contribution is -2.07. The molecule has 1 N–H and O–H groups in total. The highest BCUT2D eigenvalue weighted by atomic mass is 19.1. The first-order chi connectivity index (χ1) is 7.57. The third kappa shape index (κ3) is 1.97. The summed E-state index contributed by atoms with van der Waals surface area (Å²) in [6, 6.07) is 3.28. The van der Waals surface area contributed by atoms with Crippen molar-refractivity contribution in [2.24, 2.45) is 0 Å². The molecule has 1 nitrogen and oxygen atoms in total. The van der Waals surface area contributed by atoms with Crippen LogP contribution < -0.4 is 0 Å². The Labute approximate surface area is 91.2 Å². The molecule has 0 aliphatic heterocycles. The van der Waals surface area contributed by atoms with Gasteiger partial charge in [-0.25, -0.2) is 13.2 Å². The SMILES string of the molecule is OCC(F)=CC1(c2ccc(F)cc2F)CC1. The Morgan fingerprint density at radius 3 is 2.56 bits per heavy atom. The fourth-order valence-corrected chi connectivity index (χ4v) is 1.86. The van der Waals surface area contributed by atoms with Crippen LogP contribution in [-0.4, -0.2) is 11.7 Å². The maximum absolute atomic E-state index is 13.5. The monoisotopic (exact) mass is 228 g/mol. The minimum atomic E-state index is -0.690. The van der Waals surface area contributed by atoms with Gasteiger partial charge in [0.1, 0.15) is 17.5 Å². The van der Waals surface area contributed by atoms with Crippen LogP contribution in [0, 0.1) is 11.6 Å². The lowest BCUT2D eigenvalue weighted by Gasteiger charge is -2.12. The van der Waals surface area contributed by atoms with Gasteiger partial charge in [0.05, 0.1) is 6.61 Å². The molecule has 0 unspecified atom stereocenters. The molecule has 1 saturated carbocycles. The van der Waals surface area contributed by atoms with E-state index in [0.717, 1.165) is 12.1 Å². The van der Waals surface area contributed by atoms with Crippen molar-refractivity contribution in [3.8, 4) is 0 Å². The number of hydrogen-bond donors (Lipinski definition) is 1. The van der Waals surface area contributed by atoms with E-state index in [2.05, 4.69) is 0 Å². The predicted octanol–water partition coefficient (Wildman–Crippen LogP) is 2.84. The summed E-state index contributed by atoms with van der Waals surface area (Å²) in [5.41, 5.74) is -0.401. The second-order valence-electron chi connectivity index (χ2n) is 4.03. The molecule has 0 heterocycles. The summed E-state index contributed by atoms with van der Waals surface area (Å²) in [7, 11) is 0. The first-order valence-electron chi connectivity index (χ1n) is 5.01. The van der Waals surface area contributed by atoms with Gasteiger partial charge in [-0.2, -0.15) is 0 Å². The number of halogens is 3. The van der Waals surface area contributed by atoms with Crippen LogP contribution in [-0.2, 0) is 5.41 Å². The van der Waals surface area contributed by atoms with Crippen LogP contribution in [0.5, 0.6) is 0 Å². The van der Waals surface area contributed by atoms with E-state index in [4.69, 9.17) is 5.11 Å². The molecule has 1 aromatic rings. The second kappa shape index (κ2) is 3.94. The van der Waals surface area contributed by atoms with Crippen molar-refractivity contribution in [3.05, 3.63) is 47.3 Å². The molecule has 1 aliphatic rings. The minimum Gasteiger partial charge on any atom is -0.389 e. The molecule has 0 saturated heterocycles. The standard InChI is InChI=1S/C12H11F3O/c13-8-1-2-10(11(15)5-8)12(3-4-12)6-9(14)7-16/h1-2,5-6,16H,3-4,7H2. The Balaban J connectivity index is 2.37. The summed E-state index contributed by atoms with van der Waals surface area (Å²) in [4.78, 5) is 0. The van der Waals surface area contributed by atoms with Crippen molar-refractivity contribution in [3.63, 3.8) is 0 Å². The summed E-state index contributed by atoms with van der Waals surface area (Å²) in [6.07, 6.45) is 2.45. The minimum absolute atomic E-state index is 0.289. The van der Waals surface area contributed by atoms with E-state index < -0.39 is 29.5 Å². The van der Waals surface area contributed by atoms with Crippen LogP contribution in [0.15, 0.2) is 30.1 Å². The normalized spacial score (nSPS) is 18.6. The van der Waals surface area contributed by atoms with Crippen LogP contribution in [0.2, 0.25) is 0 Å². The Bertz CT molecular complexity index is 436. The van der Waals surface area contributed by atoms with Gasteiger partial charge < -0.3 is 5.11 Å². The zero-order valence-corrected chi connectivity index (χ0v) is 8.51. The Hall–Kier alpha value is -1.29. The van der Waals surface area contributed by atoms with Gasteiger partial charge in [-0.15, -0.1) is 0 Å². The fraction of sp³-hybridized carbons (Fsp3) is 0.333. The Kier molecular flexibility index (Phi) is 2.76. The average Bonchev–Trinajstić information content (AvgIpc) is 2.98. The summed E-state index contributed by atoms with van der Waals surface area (Å²) >= 11 is 0. The molecule has 0 atom stereocenters. The molecule has 2 rings (SSSR count). The van der Waals surface area contributed by atoms with Gasteiger partial charge in [0, 0.05) is 11.5 Å². The quantitative estimate of drug-likeness (QED) is 0.843. The first-order valence-corrected chi connectivity index (χ1v) is 5.01. The van der Waals surface area contributed by atoms with Crippen molar-refractivity contribution >= 4 is 0 Å². The molecule has 0 amide bonds.